The Bertz CT molecular complexity index is 1110. The molecule has 4 aromatic rings. The van der Waals surface area contributed by atoms with Gasteiger partial charge in [-0.05, 0) is 100 Å². The molecule has 34 heavy (non-hydrogen) atoms. The molecule has 0 aromatic heterocycles. The second kappa shape index (κ2) is 11.1. The third-order valence-electron chi connectivity index (χ3n) is 6.55. The SMILES string of the molecule is CCN(CC)c1ccc(CCc2ccc(N(c3ccc(C)cc3)c3ccc(C)cc3)cc2)cc1. The van der Waals surface area contributed by atoms with Crippen LogP contribution in [0, 0.1) is 13.8 Å². The fraction of sp³-hybridized carbons (Fsp3) is 0.250. The minimum Gasteiger partial charge on any atom is -0.372 e. The molecule has 2 nitrogen and oxygen atoms in total. The molecule has 2 heteroatoms. The highest BCUT2D eigenvalue weighted by atomic mass is 15.1. The molecule has 0 N–H and O–H groups in total. The maximum atomic E-state index is 2.39. The topological polar surface area (TPSA) is 6.48 Å². The van der Waals surface area contributed by atoms with Crippen LogP contribution < -0.4 is 9.80 Å². The average molecular weight is 449 g/mol. The smallest absolute Gasteiger partial charge is 0.0461 e. The largest absolute Gasteiger partial charge is 0.372 e. The van der Waals surface area contributed by atoms with Crippen LogP contribution in [0.4, 0.5) is 22.7 Å². The van der Waals surface area contributed by atoms with Crippen molar-refractivity contribution < 1.29 is 0 Å². The van der Waals surface area contributed by atoms with E-state index in [1.54, 1.807) is 0 Å². The number of nitrogens with zero attached hydrogens (tertiary/aromatic N) is 2. The molecule has 174 valence electrons. The Morgan fingerprint density at radius 3 is 1.12 bits per heavy atom. The Morgan fingerprint density at radius 2 is 0.765 bits per heavy atom. The molecule has 0 radical (unpaired) electrons. The number of hydrogen-bond donors (Lipinski definition) is 0. The van der Waals surface area contributed by atoms with Gasteiger partial charge in [0, 0.05) is 35.8 Å². The van der Waals surface area contributed by atoms with E-state index in [2.05, 4.69) is 135 Å². The van der Waals surface area contributed by atoms with Crippen molar-refractivity contribution in [2.24, 2.45) is 0 Å². The highest BCUT2D eigenvalue weighted by Gasteiger charge is 2.12. The molecule has 0 bridgehead atoms. The lowest BCUT2D eigenvalue weighted by atomic mass is 10.0. The zero-order chi connectivity index (χ0) is 23.9. The van der Waals surface area contributed by atoms with Gasteiger partial charge in [-0.1, -0.05) is 59.7 Å². The maximum absolute atomic E-state index is 2.39. The van der Waals surface area contributed by atoms with Gasteiger partial charge in [-0.3, -0.25) is 0 Å². The Morgan fingerprint density at radius 1 is 0.441 bits per heavy atom. The molecule has 0 saturated carbocycles. The first kappa shape index (κ1) is 23.6. The van der Waals surface area contributed by atoms with Crippen molar-refractivity contribution in [2.45, 2.75) is 40.5 Å². The van der Waals surface area contributed by atoms with Crippen molar-refractivity contribution in [1.29, 1.82) is 0 Å². The first-order valence-corrected chi connectivity index (χ1v) is 12.4. The molecule has 0 fully saturated rings. The second-order valence-corrected chi connectivity index (χ2v) is 9.01. The molecule has 0 aliphatic heterocycles. The monoisotopic (exact) mass is 448 g/mol. The number of benzene rings is 4. The predicted octanol–water partition coefficient (Wildman–Crippen LogP) is 8.40. The molecular formula is C32H36N2. The summed E-state index contributed by atoms with van der Waals surface area (Å²) in [5.41, 5.74) is 10.1. The summed E-state index contributed by atoms with van der Waals surface area (Å²) in [6.07, 6.45) is 2.09. The lowest BCUT2D eigenvalue weighted by Crippen LogP contribution is -2.21. The standard InChI is InChI=1S/C32H36N2/c1-5-33(6-2)29-21-13-27(14-22-29)11-12-28-15-23-32(24-16-28)34(30-17-7-25(3)8-18-30)31-19-9-26(4)10-20-31/h7-10,13-24H,5-6,11-12H2,1-4H3. The van der Waals surface area contributed by atoms with Crippen molar-refractivity contribution >= 4 is 22.7 Å². The van der Waals surface area contributed by atoms with Crippen LogP contribution in [0.1, 0.15) is 36.1 Å². The Balaban J connectivity index is 1.50. The quantitative estimate of drug-likeness (QED) is 0.254. The van der Waals surface area contributed by atoms with E-state index in [1.807, 2.05) is 0 Å². The maximum Gasteiger partial charge on any atom is 0.0461 e. The van der Waals surface area contributed by atoms with E-state index in [1.165, 1.54) is 45.0 Å². The van der Waals surface area contributed by atoms with Gasteiger partial charge in [-0.2, -0.15) is 0 Å². The van der Waals surface area contributed by atoms with E-state index in [-0.39, 0.29) is 0 Å². The Kier molecular flexibility index (Phi) is 7.69. The number of hydrogen-bond acceptors (Lipinski definition) is 2. The second-order valence-electron chi connectivity index (χ2n) is 9.01. The van der Waals surface area contributed by atoms with Crippen molar-refractivity contribution in [3.05, 3.63) is 119 Å². The van der Waals surface area contributed by atoms with Gasteiger partial charge in [-0.25, -0.2) is 0 Å². The van der Waals surface area contributed by atoms with Gasteiger partial charge < -0.3 is 9.80 Å². The van der Waals surface area contributed by atoms with Crippen LogP contribution in [0.15, 0.2) is 97.1 Å². The zero-order valence-electron chi connectivity index (χ0n) is 21.0. The zero-order valence-corrected chi connectivity index (χ0v) is 21.0. The molecular weight excluding hydrogens is 412 g/mol. The molecule has 0 saturated heterocycles. The predicted molar refractivity (Wildman–Crippen MR) is 148 cm³/mol. The molecule has 0 heterocycles. The number of rotatable bonds is 9. The van der Waals surface area contributed by atoms with E-state index < -0.39 is 0 Å². The van der Waals surface area contributed by atoms with Crippen LogP contribution in [-0.2, 0) is 12.8 Å². The van der Waals surface area contributed by atoms with Gasteiger partial charge in [-0.15, -0.1) is 0 Å². The lowest BCUT2D eigenvalue weighted by molar-refractivity contribution is 0.864. The first-order valence-electron chi connectivity index (χ1n) is 12.4. The van der Waals surface area contributed by atoms with Crippen LogP contribution in [0.25, 0.3) is 0 Å². The molecule has 0 amide bonds. The molecule has 0 spiro atoms. The molecule has 4 aromatic carbocycles. The summed E-state index contributed by atoms with van der Waals surface area (Å²) in [6.45, 7) is 10.8. The van der Waals surface area contributed by atoms with Gasteiger partial charge in [0.05, 0.1) is 0 Å². The highest BCUT2D eigenvalue weighted by molar-refractivity contribution is 5.76. The molecule has 0 aliphatic rings. The minimum atomic E-state index is 1.04. The van der Waals surface area contributed by atoms with E-state index >= 15 is 0 Å². The summed E-state index contributed by atoms with van der Waals surface area (Å²) in [5, 5.41) is 0. The van der Waals surface area contributed by atoms with E-state index in [4.69, 9.17) is 0 Å². The summed E-state index contributed by atoms with van der Waals surface area (Å²) in [4.78, 5) is 4.71. The van der Waals surface area contributed by atoms with E-state index in [0.717, 1.165) is 25.9 Å². The lowest BCUT2D eigenvalue weighted by Gasteiger charge is -2.26. The Hall–Kier alpha value is -3.52. The summed E-state index contributed by atoms with van der Waals surface area (Å²) < 4.78 is 0. The third-order valence-corrected chi connectivity index (χ3v) is 6.55. The summed E-state index contributed by atoms with van der Waals surface area (Å²) in [6, 6.07) is 35.6. The first-order chi connectivity index (χ1) is 16.6. The fourth-order valence-electron chi connectivity index (χ4n) is 4.40. The van der Waals surface area contributed by atoms with Crippen LogP contribution in [0.3, 0.4) is 0 Å². The molecule has 0 unspecified atom stereocenters. The van der Waals surface area contributed by atoms with E-state index in [0.29, 0.717) is 0 Å². The minimum absolute atomic E-state index is 1.04. The van der Waals surface area contributed by atoms with Gasteiger partial charge in [0.15, 0.2) is 0 Å². The normalized spacial score (nSPS) is 10.8. The fourth-order valence-corrected chi connectivity index (χ4v) is 4.40. The average Bonchev–Trinajstić information content (AvgIpc) is 2.87. The van der Waals surface area contributed by atoms with Gasteiger partial charge in [0.1, 0.15) is 0 Å². The van der Waals surface area contributed by atoms with Crippen molar-refractivity contribution in [3.8, 4) is 0 Å². The summed E-state index contributed by atoms with van der Waals surface area (Å²) in [7, 11) is 0. The van der Waals surface area contributed by atoms with Gasteiger partial charge >= 0.3 is 0 Å². The van der Waals surface area contributed by atoms with Crippen LogP contribution in [0.2, 0.25) is 0 Å². The van der Waals surface area contributed by atoms with Crippen LogP contribution >= 0.6 is 0 Å². The molecule has 0 atom stereocenters. The summed E-state index contributed by atoms with van der Waals surface area (Å²) >= 11 is 0. The Labute approximate surface area is 205 Å². The van der Waals surface area contributed by atoms with Gasteiger partial charge in [0.2, 0.25) is 0 Å². The highest BCUT2D eigenvalue weighted by Crippen LogP contribution is 2.34. The number of aryl methyl sites for hydroxylation is 4. The van der Waals surface area contributed by atoms with Crippen LogP contribution in [-0.4, -0.2) is 13.1 Å². The van der Waals surface area contributed by atoms with Gasteiger partial charge in [0.25, 0.3) is 0 Å². The third kappa shape index (κ3) is 5.69. The number of anilines is 4. The van der Waals surface area contributed by atoms with Crippen molar-refractivity contribution in [2.75, 3.05) is 22.9 Å². The van der Waals surface area contributed by atoms with E-state index in [9.17, 15) is 0 Å². The summed E-state index contributed by atoms with van der Waals surface area (Å²) in [5.74, 6) is 0. The molecule has 0 aliphatic carbocycles. The van der Waals surface area contributed by atoms with Crippen LogP contribution in [0.5, 0.6) is 0 Å². The van der Waals surface area contributed by atoms with Crippen molar-refractivity contribution in [1.82, 2.24) is 0 Å². The van der Waals surface area contributed by atoms with Crippen molar-refractivity contribution in [3.63, 3.8) is 0 Å². The molecule has 4 rings (SSSR count).